The molecule has 0 bridgehead atoms. The van der Waals surface area contributed by atoms with Crippen molar-refractivity contribution in [1.82, 2.24) is 15.1 Å². The molecule has 32 heavy (non-hydrogen) atoms. The lowest BCUT2D eigenvalue weighted by atomic mass is 10.0. The summed E-state index contributed by atoms with van der Waals surface area (Å²) in [5, 5.41) is 6.24. The van der Waals surface area contributed by atoms with Crippen LogP contribution < -0.4 is 9.46 Å². The van der Waals surface area contributed by atoms with Crippen molar-refractivity contribution < 1.29 is 17.7 Å². The van der Waals surface area contributed by atoms with Crippen LogP contribution >= 0.6 is 11.6 Å². The van der Waals surface area contributed by atoms with Crippen LogP contribution in [0.2, 0.25) is 5.02 Å². The van der Waals surface area contributed by atoms with Gasteiger partial charge < -0.3 is 9.26 Å². The lowest BCUT2D eigenvalue weighted by Gasteiger charge is -2.11. The summed E-state index contributed by atoms with van der Waals surface area (Å²) in [6.45, 7) is 4.63. The zero-order valence-electron chi connectivity index (χ0n) is 17.5. The summed E-state index contributed by atoms with van der Waals surface area (Å²) in [5.41, 5.74) is 2.05. The Morgan fingerprint density at radius 3 is 2.72 bits per heavy atom. The fourth-order valence-electron chi connectivity index (χ4n) is 3.43. The molecule has 8 nitrogen and oxygen atoms in total. The third-order valence-electron chi connectivity index (χ3n) is 5.22. The van der Waals surface area contributed by atoms with Crippen molar-refractivity contribution in [2.24, 2.45) is 5.92 Å². The molecule has 0 aliphatic heterocycles. The molecule has 0 atom stereocenters. The van der Waals surface area contributed by atoms with E-state index in [4.69, 9.17) is 20.9 Å². The molecule has 1 aromatic carbocycles. The molecular weight excluding hydrogens is 452 g/mol. The van der Waals surface area contributed by atoms with Crippen molar-refractivity contribution in [1.29, 1.82) is 0 Å². The lowest BCUT2D eigenvalue weighted by Crippen LogP contribution is -2.17. The highest BCUT2D eigenvalue weighted by Gasteiger charge is 2.36. The van der Waals surface area contributed by atoms with E-state index in [-0.39, 0.29) is 11.1 Å². The third kappa shape index (κ3) is 3.98. The van der Waals surface area contributed by atoms with Gasteiger partial charge in [0.05, 0.1) is 17.2 Å². The van der Waals surface area contributed by atoms with Crippen LogP contribution in [0.1, 0.15) is 26.7 Å². The van der Waals surface area contributed by atoms with Gasteiger partial charge in [0.25, 0.3) is 0 Å². The van der Waals surface area contributed by atoms with Crippen molar-refractivity contribution in [3.8, 4) is 17.0 Å². The second-order valence-electron chi connectivity index (χ2n) is 8.35. The molecule has 1 N–H and O–H groups in total. The Balaban J connectivity index is 1.54. The monoisotopic (exact) mass is 472 g/mol. The first-order chi connectivity index (χ1) is 15.3. The number of benzene rings is 1. The number of anilines is 1. The standard InChI is InChI=1S/C22H21ClN4O4S/c1-12(2)11-30-22-19(23)6-14(9-25-22)18-10-24-8-13-5-17-20(7-16(13)18)31-26-21(17)27-32(28,29)15-3-4-15/h5-10,12,15H,3-4,11H2,1-2H3,(H,26,27). The lowest BCUT2D eigenvalue weighted by molar-refractivity contribution is 0.261. The SMILES string of the molecule is CC(C)COc1ncc(-c2cncc3cc4c(NS(=O)(=O)C5CC5)noc4cc23)cc1Cl. The quantitative estimate of drug-likeness (QED) is 0.402. The van der Waals surface area contributed by atoms with E-state index < -0.39 is 10.0 Å². The second kappa shape index (κ2) is 7.90. The average molecular weight is 473 g/mol. The van der Waals surface area contributed by atoms with E-state index in [9.17, 15) is 8.42 Å². The van der Waals surface area contributed by atoms with Gasteiger partial charge in [-0.05, 0) is 42.3 Å². The molecule has 0 radical (unpaired) electrons. The van der Waals surface area contributed by atoms with Crippen molar-refractivity contribution in [2.75, 3.05) is 11.3 Å². The zero-order valence-corrected chi connectivity index (χ0v) is 19.1. The molecule has 5 rings (SSSR count). The summed E-state index contributed by atoms with van der Waals surface area (Å²) in [6, 6.07) is 5.43. The average Bonchev–Trinajstić information content (AvgIpc) is 3.55. The smallest absolute Gasteiger partial charge is 0.236 e. The highest BCUT2D eigenvalue weighted by Crippen LogP contribution is 2.36. The Morgan fingerprint density at radius 1 is 1.19 bits per heavy atom. The first-order valence-electron chi connectivity index (χ1n) is 10.3. The van der Waals surface area contributed by atoms with Crippen LogP contribution in [0.15, 0.2) is 41.3 Å². The molecule has 0 spiro atoms. The summed E-state index contributed by atoms with van der Waals surface area (Å²) < 4.78 is 38.3. The van der Waals surface area contributed by atoms with E-state index in [1.54, 1.807) is 24.7 Å². The molecule has 0 unspecified atom stereocenters. The van der Waals surface area contributed by atoms with Gasteiger partial charge in [0.1, 0.15) is 5.02 Å². The molecule has 3 heterocycles. The van der Waals surface area contributed by atoms with E-state index in [0.717, 1.165) is 21.9 Å². The van der Waals surface area contributed by atoms with Crippen molar-refractivity contribution >= 4 is 49.2 Å². The maximum absolute atomic E-state index is 12.3. The summed E-state index contributed by atoms with van der Waals surface area (Å²) >= 11 is 6.40. The second-order valence-corrected chi connectivity index (χ2v) is 10.7. The minimum Gasteiger partial charge on any atom is -0.476 e. The number of nitrogens with zero attached hydrogens (tertiary/aromatic N) is 3. The Bertz CT molecular complexity index is 1430. The van der Waals surface area contributed by atoms with Gasteiger partial charge in [0, 0.05) is 35.1 Å². The number of fused-ring (bicyclic) bond motifs is 2. The van der Waals surface area contributed by atoms with Gasteiger partial charge in [0.2, 0.25) is 15.9 Å². The van der Waals surface area contributed by atoms with Gasteiger partial charge >= 0.3 is 0 Å². The molecular formula is C22H21ClN4O4S. The molecule has 1 aliphatic carbocycles. The molecule has 0 amide bonds. The fraction of sp³-hybridized carbons (Fsp3) is 0.318. The van der Waals surface area contributed by atoms with Gasteiger partial charge in [-0.1, -0.05) is 30.6 Å². The van der Waals surface area contributed by atoms with Crippen molar-refractivity contribution in [3.63, 3.8) is 0 Å². The van der Waals surface area contributed by atoms with E-state index in [1.807, 2.05) is 12.1 Å². The third-order valence-corrected chi connectivity index (χ3v) is 7.32. The van der Waals surface area contributed by atoms with Gasteiger partial charge in [-0.25, -0.2) is 13.4 Å². The van der Waals surface area contributed by atoms with E-state index in [1.165, 1.54) is 0 Å². The van der Waals surface area contributed by atoms with E-state index >= 15 is 0 Å². The number of nitrogens with one attached hydrogen (secondary N) is 1. The minimum absolute atomic E-state index is 0.190. The summed E-state index contributed by atoms with van der Waals surface area (Å²) in [6.07, 6.45) is 6.46. The Hall–Kier alpha value is -2.91. The Morgan fingerprint density at radius 2 is 2.00 bits per heavy atom. The molecule has 4 aromatic rings. The minimum atomic E-state index is -3.45. The van der Waals surface area contributed by atoms with Crippen LogP contribution in [0.4, 0.5) is 5.82 Å². The Labute approximate surface area is 190 Å². The summed E-state index contributed by atoms with van der Waals surface area (Å²) in [5.74, 6) is 0.941. The van der Waals surface area contributed by atoms with E-state index in [0.29, 0.717) is 47.2 Å². The highest BCUT2D eigenvalue weighted by molar-refractivity contribution is 7.93. The zero-order chi connectivity index (χ0) is 22.5. The number of hydrogen-bond acceptors (Lipinski definition) is 7. The van der Waals surface area contributed by atoms with Crippen LogP contribution in [0.25, 0.3) is 32.9 Å². The molecule has 3 aromatic heterocycles. The number of halogens is 1. The van der Waals surface area contributed by atoms with Crippen LogP contribution in [0, 0.1) is 5.92 Å². The first kappa shape index (κ1) is 21.0. The van der Waals surface area contributed by atoms with Crippen molar-refractivity contribution in [2.45, 2.75) is 31.9 Å². The highest BCUT2D eigenvalue weighted by atomic mass is 35.5. The summed E-state index contributed by atoms with van der Waals surface area (Å²) in [4.78, 5) is 8.71. The molecule has 1 fully saturated rings. The maximum Gasteiger partial charge on any atom is 0.236 e. The molecule has 166 valence electrons. The topological polar surface area (TPSA) is 107 Å². The number of pyridine rings is 2. The van der Waals surface area contributed by atoms with Gasteiger partial charge in [-0.3, -0.25) is 9.71 Å². The predicted octanol–water partition coefficient (Wildman–Crippen LogP) is 5.03. The number of sulfonamides is 1. The molecule has 0 saturated heterocycles. The number of hydrogen-bond donors (Lipinski definition) is 1. The fourth-order valence-corrected chi connectivity index (χ4v) is 4.99. The van der Waals surface area contributed by atoms with Crippen LogP contribution in [-0.2, 0) is 10.0 Å². The molecule has 1 aliphatic rings. The van der Waals surface area contributed by atoms with Gasteiger partial charge in [-0.2, -0.15) is 0 Å². The molecule has 10 heteroatoms. The van der Waals surface area contributed by atoms with Gasteiger partial charge in [0.15, 0.2) is 11.4 Å². The summed E-state index contributed by atoms with van der Waals surface area (Å²) in [7, 11) is -3.45. The van der Waals surface area contributed by atoms with Gasteiger partial charge in [-0.15, -0.1) is 0 Å². The predicted molar refractivity (Wildman–Crippen MR) is 123 cm³/mol. The number of ether oxygens (including phenoxy) is 1. The Kier molecular flexibility index (Phi) is 5.17. The first-order valence-corrected chi connectivity index (χ1v) is 12.2. The molecule has 1 saturated carbocycles. The maximum atomic E-state index is 12.3. The number of aromatic nitrogens is 3. The number of rotatable bonds is 7. The largest absolute Gasteiger partial charge is 0.476 e. The van der Waals surface area contributed by atoms with Crippen LogP contribution in [0.5, 0.6) is 5.88 Å². The van der Waals surface area contributed by atoms with E-state index in [2.05, 4.69) is 33.7 Å². The van der Waals surface area contributed by atoms with Crippen molar-refractivity contribution in [3.05, 3.63) is 41.8 Å². The normalized spacial score (nSPS) is 14.4. The van der Waals surface area contributed by atoms with Crippen LogP contribution in [0.3, 0.4) is 0 Å². The van der Waals surface area contributed by atoms with Crippen LogP contribution in [-0.4, -0.2) is 35.4 Å².